The number of likely N-dealkylation sites (tertiary alicyclic amines) is 2. The summed E-state index contributed by atoms with van der Waals surface area (Å²) in [6.45, 7) is 8.47. The topological polar surface area (TPSA) is 65.6 Å². The summed E-state index contributed by atoms with van der Waals surface area (Å²) in [4.78, 5) is 33.5. The second-order valence-electron chi connectivity index (χ2n) is 9.37. The molecular formula is C24H34N4O4. The van der Waals surface area contributed by atoms with Crippen LogP contribution in [0, 0.1) is 0 Å². The smallest absolute Gasteiger partial charge is 0.231 e. The zero-order chi connectivity index (χ0) is 21.9. The van der Waals surface area contributed by atoms with E-state index in [-0.39, 0.29) is 11.8 Å². The SMILES string of the molecule is O=C1CCCN1CCC(=O)N1CCC[C@H](N2CCN(Cc3ccc4c(c3)OCO4)CC2)C1. The van der Waals surface area contributed by atoms with Crippen molar-refractivity contribution in [2.45, 2.75) is 44.7 Å². The van der Waals surface area contributed by atoms with Crippen LogP contribution in [0.4, 0.5) is 0 Å². The Morgan fingerprint density at radius 2 is 1.84 bits per heavy atom. The van der Waals surface area contributed by atoms with Gasteiger partial charge in [-0.25, -0.2) is 0 Å². The van der Waals surface area contributed by atoms with E-state index in [0.29, 0.717) is 32.2 Å². The highest BCUT2D eigenvalue weighted by atomic mass is 16.7. The van der Waals surface area contributed by atoms with E-state index in [2.05, 4.69) is 21.9 Å². The lowest BCUT2D eigenvalue weighted by Crippen LogP contribution is -2.55. The quantitative estimate of drug-likeness (QED) is 0.666. The van der Waals surface area contributed by atoms with Gasteiger partial charge in [0, 0.05) is 77.8 Å². The number of hydrogen-bond acceptors (Lipinski definition) is 6. The number of ether oxygens (including phenoxy) is 2. The van der Waals surface area contributed by atoms with Crippen molar-refractivity contribution in [1.29, 1.82) is 0 Å². The molecular weight excluding hydrogens is 408 g/mol. The Labute approximate surface area is 190 Å². The Hall–Kier alpha value is -2.32. The molecule has 0 aromatic heterocycles. The molecule has 174 valence electrons. The number of fused-ring (bicyclic) bond motifs is 1. The molecule has 0 radical (unpaired) electrons. The number of rotatable bonds is 6. The number of nitrogens with zero attached hydrogens (tertiary/aromatic N) is 4. The van der Waals surface area contributed by atoms with E-state index in [1.54, 1.807) is 0 Å². The summed E-state index contributed by atoms with van der Waals surface area (Å²) in [6.07, 6.45) is 4.26. The summed E-state index contributed by atoms with van der Waals surface area (Å²) >= 11 is 0. The number of hydrogen-bond donors (Lipinski definition) is 0. The first-order valence-corrected chi connectivity index (χ1v) is 12.1. The maximum absolute atomic E-state index is 12.8. The minimum absolute atomic E-state index is 0.202. The van der Waals surface area contributed by atoms with Crippen molar-refractivity contribution in [3.63, 3.8) is 0 Å². The minimum atomic E-state index is 0.202. The highest BCUT2D eigenvalue weighted by molar-refractivity contribution is 5.80. The lowest BCUT2D eigenvalue weighted by atomic mass is 10.0. The van der Waals surface area contributed by atoms with Crippen molar-refractivity contribution in [1.82, 2.24) is 19.6 Å². The van der Waals surface area contributed by atoms with Crippen molar-refractivity contribution in [2.75, 3.05) is 59.2 Å². The largest absolute Gasteiger partial charge is 0.454 e. The van der Waals surface area contributed by atoms with E-state index in [9.17, 15) is 9.59 Å². The van der Waals surface area contributed by atoms with Gasteiger partial charge in [-0.15, -0.1) is 0 Å². The summed E-state index contributed by atoms with van der Waals surface area (Å²) < 4.78 is 10.9. The molecule has 1 aromatic carbocycles. The molecule has 0 bridgehead atoms. The van der Waals surface area contributed by atoms with Crippen molar-refractivity contribution < 1.29 is 19.1 Å². The summed E-state index contributed by atoms with van der Waals surface area (Å²) in [5, 5.41) is 0. The van der Waals surface area contributed by atoms with Gasteiger partial charge >= 0.3 is 0 Å². The Morgan fingerprint density at radius 1 is 1.00 bits per heavy atom. The van der Waals surface area contributed by atoms with Crippen LogP contribution in [-0.4, -0.2) is 96.6 Å². The number of benzene rings is 1. The average Bonchev–Trinajstić information content (AvgIpc) is 3.46. The van der Waals surface area contributed by atoms with Gasteiger partial charge in [-0.3, -0.25) is 19.4 Å². The van der Waals surface area contributed by atoms with Crippen molar-refractivity contribution in [2.24, 2.45) is 0 Å². The van der Waals surface area contributed by atoms with Crippen LogP contribution in [0.25, 0.3) is 0 Å². The summed E-state index contributed by atoms with van der Waals surface area (Å²) in [7, 11) is 0. The van der Waals surface area contributed by atoms with Crippen LogP contribution in [0.2, 0.25) is 0 Å². The lowest BCUT2D eigenvalue weighted by molar-refractivity contribution is -0.134. The summed E-state index contributed by atoms with van der Waals surface area (Å²) in [5.41, 5.74) is 1.26. The molecule has 1 atom stereocenters. The van der Waals surface area contributed by atoms with E-state index in [0.717, 1.165) is 83.1 Å². The zero-order valence-corrected chi connectivity index (χ0v) is 18.8. The molecule has 0 unspecified atom stereocenters. The van der Waals surface area contributed by atoms with Gasteiger partial charge in [0.1, 0.15) is 0 Å². The predicted molar refractivity (Wildman–Crippen MR) is 119 cm³/mol. The van der Waals surface area contributed by atoms with Crippen LogP contribution in [0.3, 0.4) is 0 Å². The van der Waals surface area contributed by atoms with Crippen LogP contribution in [0.5, 0.6) is 11.5 Å². The normalized spacial score (nSPS) is 24.4. The molecule has 3 fully saturated rings. The summed E-state index contributed by atoms with van der Waals surface area (Å²) in [6, 6.07) is 6.67. The Kier molecular flexibility index (Phi) is 6.50. The average molecular weight is 443 g/mol. The third-order valence-corrected chi connectivity index (χ3v) is 7.28. The van der Waals surface area contributed by atoms with Crippen molar-refractivity contribution >= 4 is 11.8 Å². The third-order valence-electron chi connectivity index (χ3n) is 7.28. The van der Waals surface area contributed by atoms with Gasteiger partial charge in [-0.1, -0.05) is 6.07 Å². The summed E-state index contributed by atoms with van der Waals surface area (Å²) in [5.74, 6) is 2.09. The lowest BCUT2D eigenvalue weighted by Gasteiger charge is -2.43. The molecule has 0 spiro atoms. The standard InChI is InChI=1S/C24H34N4O4/c29-23-4-2-8-27(23)10-7-24(30)28-9-1-3-20(17-28)26-13-11-25(12-14-26)16-19-5-6-21-22(15-19)32-18-31-21/h5-6,15,20H,1-4,7-14,16-18H2/t20-/m0/s1. The van der Waals surface area contributed by atoms with Crippen molar-refractivity contribution in [3.05, 3.63) is 23.8 Å². The molecule has 8 nitrogen and oxygen atoms in total. The van der Waals surface area contributed by atoms with E-state index in [4.69, 9.17) is 9.47 Å². The molecule has 8 heteroatoms. The third kappa shape index (κ3) is 4.86. The zero-order valence-electron chi connectivity index (χ0n) is 18.8. The van der Waals surface area contributed by atoms with Gasteiger partial charge < -0.3 is 19.3 Å². The highest BCUT2D eigenvalue weighted by Gasteiger charge is 2.30. The Bertz CT molecular complexity index is 839. The second kappa shape index (κ2) is 9.67. The molecule has 1 aromatic rings. The van der Waals surface area contributed by atoms with Gasteiger partial charge in [-0.05, 0) is 37.0 Å². The molecule has 5 rings (SSSR count). The van der Waals surface area contributed by atoms with Gasteiger partial charge in [0.25, 0.3) is 0 Å². The monoisotopic (exact) mass is 442 g/mol. The van der Waals surface area contributed by atoms with E-state index in [1.807, 2.05) is 15.9 Å². The number of carbonyl (C=O) groups excluding carboxylic acids is 2. The molecule has 4 heterocycles. The van der Waals surface area contributed by atoms with E-state index < -0.39 is 0 Å². The fourth-order valence-corrected chi connectivity index (χ4v) is 5.39. The van der Waals surface area contributed by atoms with Crippen LogP contribution in [0.15, 0.2) is 18.2 Å². The maximum Gasteiger partial charge on any atom is 0.231 e. The fraction of sp³-hybridized carbons (Fsp3) is 0.667. The fourth-order valence-electron chi connectivity index (χ4n) is 5.39. The molecule has 4 aliphatic rings. The van der Waals surface area contributed by atoms with E-state index >= 15 is 0 Å². The first-order valence-electron chi connectivity index (χ1n) is 12.1. The van der Waals surface area contributed by atoms with Crippen LogP contribution in [-0.2, 0) is 16.1 Å². The van der Waals surface area contributed by atoms with Crippen molar-refractivity contribution in [3.8, 4) is 11.5 Å². The highest BCUT2D eigenvalue weighted by Crippen LogP contribution is 2.33. The first kappa shape index (κ1) is 21.5. The molecule has 0 aliphatic carbocycles. The number of amides is 2. The number of piperidine rings is 1. The number of carbonyl (C=O) groups is 2. The van der Waals surface area contributed by atoms with Crippen LogP contribution < -0.4 is 9.47 Å². The molecule has 3 saturated heterocycles. The predicted octanol–water partition coefficient (Wildman–Crippen LogP) is 1.54. The van der Waals surface area contributed by atoms with E-state index in [1.165, 1.54) is 5.56 Å². The molecule has 0 saturated carbocycles. The van der Waals surface area contributed by atoms with Gasteiger partial charge in [-0.2, -0.15) is 0 Å². The number of piperazine rings is 1. The molecule has 32 heavy (non-hydrogen) atoms. The maximum atomic E-state index is 12.8. The first-order chi connectivity index (χ1) is 15.7. The second-order valence-corrected chi connectivity index (χ2v) is 9.37. The van der Waals surface area contributed by atoms with Gasteiger partial charge in [0.05, 0.1) is 0 Å². The molecule has 0 N–H and O–H groups in total. The van der Waals surface area contributed by atoms with Crippen LogP contribution in [0.1, 0.15) is 37.7 Å². The van der Waals surface area contributed by atoms with Crippen LogP contribution >= 0.6 is 0 Å². The Balaban J connectivity index is 1.07. The molecule has 4 aliphatic heterocycles. The Morgan fingerprint density at radius 3 is 2.66 bits per heavy atom. The van der Waals surface area contributed by atoms with Gasteiger partial charge in [0.15, 0.2) is 11.5 Å². The molecule has 2 amide bonds. The minimum Gasteiger partial charge on any atom is -0.454 e. The van der Waals surface area contributed by atoms with Gasteiger partial charge in [0.2, 0.25) is 18.6 Å².